The van der Waals surface area contributed by atoms with Crippen LogP contribution in [-0.2, 0) is 4.84 Å². The van der Waals surface area contributed by atoms with Gasteiger partial charge in [0.1, 0.15) is 0 Å². The third kappa shape index (κ3) is 7.92. The zero-order valence-corrected chi connectivity index (χ0v) is 6.82. The van der Waals surface area contributed by atoms with E-state index in [4.69, 9.17) is 4.84 Å². The third-order valence-corrected chi connectivity index (χ3v) is 0.685. The average Bonchev–Trinajstić information content (AvgIpc) is 1.63. The first-order valence-electron chi connectivity index (χ1n) is 3.45. The van der Waals surface area contributed by atoms with Crippen LogP contribution >= 0.6 is 0 Å². The van der Waals surface area contributed by atoms with E-state index in [0.29, 0.717) is 0 Å². The van der Waals surface area contributed by atoms with Gasteiger partial charge in [-0.15, -0.1) is 0 Å². The van der Waals surface area contributed by atoms with E-state index in [1.54, 1.807) is 0 Å². The number of hydroxylamine groups is 1. The van der Waals surface area contributed by atoms with Crippen molar-refractivity contribution in [2.75, 3.05) is 6.61 Å². The minimum atomic E-state index is 0.0785. The van der Waals surface area contributed by atoms with E-state index >= 15 is 0 Å². The van der Waals surface area contributed by atoms with Crippen LogP contribution in [0, 0.1) is 0 Å². The molecule has 0 radical (unpaired) electrons. The molecule has 0 heterocycles. The molecule has 0 aliphatic carbocycles. The lowest BCUT2D eigenvalue weighted by Gasteiger charge is -2.19. The van der Waals surface area contributed by atoms with Crippen LogP contribution in [0.1, 0.15) is 34.1 Å². The second-order valence-electron chi connectivity index (χ2n) is 3.20. The molecule has 0 rings (SSSR count). The van der Waals surface area contributed by atoms with E-state index in [9.17, 15) is 0 Å². The lowest BCUT2D eigenvalue weighted by Crippen LogP contribution is -2.35. The summed E-state index contributed by atoms with van der Waals surface area (Å²) in [7, 11) is 0. The van der Waals surface area contributed by atoms with E-state index in [-0.39, 0.29) is 5.54 Å². The third-order valence-electron chi connectivity index (χ3n) is 0.685. The van der Waals surface area contributed by atoms with Crippen molar-refractivity contribution in [1.82, 2.24) is 5.48 Å². The highest BCUT2D eigenvalue weighted by Crippen LogP contribution is 1.97. The highest BCUT2D eigenvalue weighted by molar-refractivity contribution is 4.63. The Balaban J connectivity index is 3.07. The molecule has 0 aromatic heterocycles. The molecular formula is C7H17NO. The number of hydrogen-bond donors (Lipinski definition) is 1. The molecule has 56 valence electrons. The Morgan fingerprint density at radius 3 is 2.22 bits per heavy atom. The van der Waals surface area contributed by atoms with Gasteiger partial charge in [0, 0.05) is 5.54 Å². The average molecular weight is 131 g/mol. The van der Waals surface area contributed by atoms with Gasteiger partial charge in [-0.05, 0) is 27.2 Å². The van der Waals surface area contributed by atoms with E-state index in [1.165, 1.54) is 0 Å². The normalized spacial score (nSPS) is 12.0. The van der Waals surface area contributed by atoms with Gasteiger partial charge in [-0.1, -0.05) is 6.92 Å². The van der Waals surface area contributed by atoms with Crippen LogP contribution in [0.5, 0.6) is 0 Å². The molecule has 0 amide bonds. The molecule has 0 aromatic carbocycles. The minimum absolute atomic E-state index is 0.0785. The zero-order valence-electron chi connectivity index (χ0n) is 6.82. The smallest absolute Gasteiger partial charge is 0.0679 e. The summed E-state index contributed by atoms with van der Waals surface area (Å²) in [5.41, 5.74) is 3.00. The van der Waals surface area contributed by atoms with Crippen molar-refractivity contribution in [2.24, 2.45) is 0 Å². The molecule has 0 spiro atoms. The van der Waals surface area contributed by atoms with E-state index in [0.717, 1.165) is 13.0 Å². The Hall–Kier alpha value is -0.0800. The van der Waals surface area contributed by atoms with Crippen molar-refractivity contribution < 1.29 is 4.84 Å². The summed E-state index contributed by atoms with van der Waals surface area (Å²) in [5, 5.41) is 0. The Labute approximate surface area is 57.5 Å². The van der Waals surface area contributed by atoms with E-state index in [1.807, 2.05) is 0 Å². The minimum Gasteiger partial charge on any atom is -0.301 e. The van der Waals surface area contributed by atoms with Crippen LogP contribution in [0.25, 0.3) is 0 Å². The van der Waals surface area contributed by atoms with E-state index in [2.05, 4.69) is 33.2 Å². The van der Waals surface area contributed by atoms with Crippen LogP contribution in [-0.4, -0.2) is 12.1 Å². The van der Waals surface area contributed by atoms with Gasteiger partial charge >= 0.3 is 0 Å². The summed E-state index contributed by atoms with van der Waals surface area (Å²) in [5.74, 6) is 0. The quantitative estimate of drug-likeness (QED) is 0.465. The zero-order chi connectivity index (χ0) is 7.33. The molecule has 1 N–H and O–H groups in total. The fourth-order valence-corrected chi connectivity index (χ4v) is 0.370. The predicted octanol–water partition coefficient (Wildman–Crippen LogP) is 1.72. The molecule has 0 aromatic rings. The van der Waals surface area contributed by atoms with Crippen molar-refractivity contribution in [3.8, 4) is 0 Å². The first-order valence-corrected chi connectivity index (χ1v) is 3.45. The van der Waals surface area contributed by atoms with Crippen molar-refractivity contribution in [2.45, 2.75) is 39.7 Å². The second kappa shape index (κ2) is 3.85. The maximum atomic E-state index is 5.10. The second-order valence-corrected chi connectivity index (χ2v) is 3.20. The van der Waals surface area contributed by atoms with Crippen molar-refractivity contribution in [1.29, 1.82) is 0 Å². The van der Waals surface area contributed by atoms with Gasteiger partial charge in [-0.25, -0.2) is 0 Å². The van der Waals surface area contributed by atoms with Gasteiger partial charge in [0.15, 0.2) is 0 Å². The number of hydrogen-bond acceptors (Lipinski definition) is 2. The maximum Gasteiger partial charge on any atom is 0.0679 e. The maximum absolute atomic E-state index is 5.10. The molecule has 0 fully saturated rings. The summed E-state index contributed by atoms with van der Waals surface area (Å²) in [6, 6.07) is 0. The first kappa shape index (κ1) is 8.92. The Kier molecular flexibility index (Phi) is 3.82. The van der Waals surface area contributed by atoms with Gasteiger partial charge in [0.25, 0.3) is 0 Å². The fourth-order valence-electron chi connectivity index (χ4n) is 0.370. The van der Waals surface area contributed by atoms with Crippen molar-refractivity contribution >= 4 is 0 Å². The van der Waals surface area contributed by atoms with Gasteiger partial charge in [-0.3, -0.25) is 0 Å². The lowest BCUT2D eigenvalue weighted by molar-refractivity contribution is -0.00531. The molecule has 0 aliphatic heterocycles. The largest absolute Gasteiger partial charge is 0.301 e. The Morgan fingerprint density at radius 2 is 1.89 bits per heavy atom. The molecule has 9 heavy (non-hydrogen) atoms. The first-order chi connectivity index (χ1) is 4.06. The van der Waals surface area contributed by atoms with Crippen molar-refractivity contribution in [3.63, 3.8) is 0 Å². The Morgan fingerprint density at radius 1 is 1.33 bits per heavy atom. The van der Waals surface area contributed by atoms with Gasteiger partial charge in [0.05, 0.1) is 6.61 Å². The molecule has 0 atom stereocenters. The fraction of sp³-hybridized carbons (Fsp3) is 1.00. The number of nitrogens with one attached hydrogen (secondary N) is 1. The predicted molar refractivity (Wildman–Crippen MR) is 39.1 cm³/mol. The molecule has 0 aliphatic rings. The van der Waals surface area contributed by atoms with Gasteiger partial charge in [0.2, 0.25) is 0 Å². The summed E-state index contributed by atoms with van der Waals surface area (Å²) in [6.07, 6.45) is 1.06. The van der Waals surface area contributed by atoms with Crippen LogP contribution in [0.3, 0.4) is 0 Å². The number of rotatable bonds is 3. The molecule has 2 heteroatoms. The van der Waals surface area contributed by atoms with Gasteiger partial charge < -0.3 is 4.84 Å². The van der Waals surface area contributed by atoms with Gasteiger partial charge in [-0.2, -0.15) is 5.48 Å². The topological polar surface area (TPSA) is 21.3 Å². The molecule has 0 saturated heterocycles. The highest BCUT2D eigenvalue weighted by atomic mass is 16.6. The molecule has 0 unspecified atom stereocenters. The molecule has 0 bridgehead atoms. The standard InChI is InChI=1S/C7H17NO/c1-5-6-9-8-7(2,3)4/h8H,5-6H2,1-4H3. The summed E-state index contributed by atoms with van der Waals surface area (Å²) in [4.78, 5) is 5.10. The van der Waals surface area contributed by atoms with Crippen LogP contribution < -0.4 is 5.48 Å². The lowest BCUT2D eigenvalue weighted by atomic mass is 10.1. The van der Waals surface area contributed by atoms with Crippen LogP contribution in [0.2, 0.25) is 0 Å². The summed E-state index contributed by atoms with van der Waals surface area (Å²) < 4.78 is 0. The Bertz CT molecular complexity index is 65.8. The SMILES string of the molecule is CCCONC(C)(C)C. The molecule has 2 nitrogen and oxygen atoms in total. The van der Waals surface area contributed by atoms with Crippen LogP contribution in [0.15, 0.2) is 0 Å². The van der Waals surface area contributed by atoms with Crippen LogP contribution in [0.4, 0.5) is 0 Å². The molecular weight excluding hydrogens is 114 g/mol. The molecule has 0 saturated carbocycles. The van der Waals surface area contributed by atoms with E-state index < -0.39 is 0 Å². The summed E-state index contributed by atoms with van der Waals surface area (Å²) in [6.45, 7) is 9.09. The summed E-state index contributed by atoms with van der Waals surface area (Å²) >= 11 is 0. The monoisotopic (exact) mass is 131 g/mol. The highest BCUT2D eigenvalue weighted by Gasteiger charge is 2.07. The van der Waals surface area contributed by atoms with Crippen molar-refractivity contribution in [3.05, 3.63) is 0 Å².